The third-order valence-electron chi connectivity index (χ3n) is 6.12. The Balaban J connectivity index is 1.86. The standard InChI is InChI=1S/C29H33N11O3S2/c1-6-14-32-26-24(27(35-29(34-26)33-20(4)18-43-5)39-44-22-12-10-19(3)11-13-22)36-37-25-23(16-30)28(45(41,42)7-2)40(38-25)21-9-8-15-31-17-21/h6,8-13,15,17,20H,1,7,14,18H2,2-5H3,(H3,32,33,34,35,39). The van der Waals surface area contributed by atoms with E-state index in [4.69, 9.17) is 4.74 Å². The highest BCUT2D eigenvalue weighted by Gasteiger charge is 2.29. The molecule has 0 saturated heterocycles. The zero-order chi connectivity index (χ0) is 32.4. The summed E-state index contributed by atoms with van der Waals surface area (Å²) in [5.74, 6) is 0.445. The predicted octanol–water partition coefficient (Wildman–Crippen LogP) is 5.61. The first kappa shape index (κ1) is 33.1. The summed E-state index contributed by atoms with van der Waals surface area (Å²) in [5, 5.41) is 29.2. The Hall–Kier alpha value is -4.85. The van der Waals surface area contributed by atoms with Gasteiger partial charge >= 0.3 is 0 Å². The Morgan fingerprint density at radius 3 is 2.60 bits per heavy atom. The maximum Gasteiger partial charge on any atom is 0.227 e. The summed E-state index contributed by atoms with van der Waals surface area (Å²) < 4.78 is 35.9. The highest BCUT2D eigenvalue weighted by atomic mass is 32.2. The Labute approximate surface area is 266 Å². The summed E-state index contributed by atoms with van der Waals surface area (Å²) in [7, 11) is -2.30. The van der Waals surface area contributed by atoms with Gasteiger partial charge in [0.15, 0.2) is 32.2 Å². The van der Waals surface area contributed by atoms with Crippen LogP contribution in [0.4, 0.5) is 29.1 Å². The van der Waals surface area contributed by atoms with Gasteiger partial charge in [-0.2, -0.15) is 15.2 Å². The maximum atomic E-state index is 13.1. The molecule has 45 heavy (non-hydrogen) atoms. The van der Waals surface area contributed by atoms with Crippen LogP contribution in [0, 0.1) is 18.3 Å². The average molecular weight is 648 g/mol. The van der Waals surface area contributed by atoms with Crippen LogP contribution in [0.25, 0.3) is 5.69 Å². The first-order valence-corrected chi connectivity index (χ1v) is 16.3. The maximum absolute atomic E-state index is 13.1. The first-order valence-electron chi connectivity index (χ1n) is 13.8. The van der Waals surface area contributed by atoms with Gasteiger partial charge in [-0.15, -0.1) is 21.9 Å². The number of sulfone groups is 1. The molecule has 0 aliphatic rings. The minimum atomic E-state index is -3.91. The molecule has 1 aromatic carbocycles. The zero-order valence-corrected chi connectivity index (χ0v) is 26.9. The SMILES string of the molecule is C=CCNc1nc(NC(C)COC)nc(NSc2ccc(C)cc2)c1N=Nc1nn(-c2cccnc2)c(S(=O)(=O)CC)c1C#N. The van der Waals surface area contributed by atoms with Crippen LogP contribution in [-0.2, 0) is 14.6 Å². The number of pyridine rings is 1. The smallest absolute Gasteiger partial charge is 0.227 e. The molecule has 0 aliphatic heterocycles. The van der Waals surface area contributed by atoms with Gasteiger partial charge in [0.1, 0.15) is 11.6 Å². The van der Waals surface area contributed by atoms with Gasteiger partial charge < -0.3 is 20.1 Å². The van der Waals surface area contributed by atoms with Crippen molar-refractivity contribution >= 4 is 50.9 Å². The largest absolute Gasteiger partial charge is 0.383 e. The van der Waals surface area contributed by atoms with E-state index in [0.717, 1.165) is 15.1 Å². The molecule has 0 saturated carbocycles. The fraction of sp³-hybridized carbons (Fsp3) is 0.276. The lowest BCUT2D eigenvalue weighted by molar-refractivity contribution is 0.190. The molecule has 4 aromatic rings. The molecule has 0 fully saturated rings. The number of nitrogens with zero attached hydrogens (tertiary/aromatic N) is 8. The Morgan fingerprint density at radius 1 is 1.20 bits per heavy atom. The van der Waals surface area contributed by atoms with Gasteiger partial charge in [0.05, 0.1) is 24.2 Å². The lowest BCUT2D eigenvalue weighted by Gasteiger charge is -2.17. The van der Waals surface area contributed by atoms with Crippen LogP contribution in [-0.4, -0.2) is 65.2 Å². The van der Waals surface area contributed by atoms with E-state index in [1.165, 1.54) is 25.1 Å². The Kier molecular flexibility index (Phi) is 11.2. The molecule has 0 spiro atoms. The molecule has 1 unspecified atom stereocenters. The van der Waals surface area contributed by atoms with Crippen LogP contribution in [0.3, 0.4) is 0 Å². The summed E-state index contributed by atoms with van der Waals surface area (Å²) in [4.78, 5) is 14.2. The molecule has 3 aromatic heterocycles. The molecule has 14 nitrogen and oxygen atoms in total. The number of azo groups is 1. The predicted molar refractivity (Wildman–Crippen MR) is 174 cm³/mol. The number of hydrogen-bond acceptors (Lipinski definition) is 14. The monoisotopic (exact) mass is 647 g/mol. The third kappa shape index (κ3) is 8.20. The first-order chi connectivity index (χ1) is 21.7. The second-order valence-corrected chi connectivity index (χ2v) is 12.7. The van der Waals surface area contributed by atoms with Crippen LogP contribution in [0.15, 0.2) is 81.6 Å². The Morgan fingerprint density at radius 2 is 1.96 bits per heavy atom. The second-order valence-electron chi connectivity index (χ2n) is 9.62. The molecule has 3 heterocycles. The number of aromatic nitrogens is 5. The van der Waals surface area contributed by atoms with Crippen molar-refractivity contribution in [2.24, 2.45) is 10.2 Å². The van der Waals surface area contributed by atoms with Gasteiger partial charge in [-0.3, -0.25) is 4.98 Å². The van der Waals surface area contributed by atoms with Gasteiger partial charge in [-0.05, 0) is 50.1 Å². The molecule has 0 amide bonds. The summed E-state index contributed by atoms with van der Waals surface area (Å²) >= 11 is 1.31. The van der Waals surface area contributed by atoms with Crippen LogP contribution in [0.5, 0.6) is 0 Å². The van der Waals surface area contributed by atoms with E-state index in [1.54, 1.807) is 31.5 Å². The summed E-state index contributed by atoms with van der Waals surface area (Å²) in [6.45, 7) is 9.95. The van der Waals surface area contributed by atoms with Crippen LogP contribution in [0.1, 0.15) is 25.0 Å². The molecular formula is C29H33N11O3S2. The molecule has 3 N–H and O–H groups in total. The normalized spacial score (nSPS) is 12.1. The van der Waals surface area contributed by atoms with Crippen molar-refractivity contribution < 1.29 is 13.2 Å². The zero-order valence-electron chi connectivity index (χ0n) is 25.2. The molecule has 4 rings (SSSR count). The molecule has 16 heteroatoms. The number of rotatable bonds is 15. The number of ether oxygens (including phenoxy) is 1. The highest BCUT2D eigenvalue weighted by Crippen LogP contribution is 2.37. The third-order valence-corrected chi connectivity index (χ3v) is 8.65. The van der Waals surface area contributed by atoms with Crippen molar-refractivity contribution in [2.75, 3.05) is 41.4 Å². The lowest BCUT2D eigenvalue weighted by atomic mass is 10.2. The van der Waals surface area contributed by atoms with E-state index in [2.05, 4.69) is 52.2 Å². The highest BCUT2D eigenvalue weighted by molar-refractivity contribution is 8.00. The Bertz CT molecular complexity index is 1800. The topological polar surface area (TPSA) is 184 Å². The molecular weight excluding hydrogens is 615 g/mol. The van der Waals surface area contributed by atoms with Gasteiger partial charge in [-0.25, -0.2) is 13.1 Å². The minimum Gasteiger partial charge on any atom is -0.383 e. The van der Waals surface area contributed by atoms with Crippen LogP contribution < -0.4 is 15.4 Å². The number of nitrogens with one attached hydrogen (secondary N) is 3. The second kappa shape index (κ2) is 15.2. The van der Waals surface area contributed by atoms with Gasteiger partial charge in [0, 0.05) is 30.8 Å². The quantitative estimate of drug-likeness (QED) is 0.0824. The minimum absolute atomic E-state index is 0.110. The fourth-order valence-electron chi connectivity index (χ4n) is 3.94. The van der Waals surface area contributed by atoms with Crippen LogP contribution >= 0.6 is 11.9 Å². The van der Waals surface area contributed by atoms with E-state index in [0.29, 0.717) is 36.4 Å². The van der Waals surface area contributed by atoms with E-state index in [-0.39, 0.29) is 33.9 Å². The number of nitriles is 1. The fourth-order valence-corrected chi connectivity index (χ4v) is 5.70. The van der Waals surface area contributed by atoms with Crippen molar-refractivity contribution in [1.82, 2.24) is 24.7 Å². The number of benzene rings is 1. The van der Waals surface area contributed by atoms with Crippen molar-refractivity contribution in [2.45, 2.75) is 36.7 Å². The van der Waals surface area contributed by atoms with Crippen molar-refractivity contribution in [3.63, 3.8) is 0 Å². The average Bonchev–Trinajstić information content (AvgIpc) is 3.43. The number of anilines is 3. The summed E-state index contributed by atoms with van der Waals surface area (Å²) in [6.07, 6.45) is 4.64. The van der Waals surface area contributed by atoms with Gasteiger partial charge in [-0.1, -0.05) is 30.7 Å². The van der Waals surface area contributed by atoms with E-state index >= 15 is 0 Å². The number of aryl methyl sites for hydroxylation is 1. The number of hydrogen-bond donors (Lipinski definition) is 3. The van der Waals surface area contributed by atoms with Crippen molar-refractivity contribution in [3.05, 3.63) is 72.6 Å². The van der Waals surface area contributed by atoms with Crippen LogP contribution in [0.2, 0.25) is 0 Å². The van der Waals surface area contributed by atoms with E-state index < -0.39 is 9.84 Å². The summed E-state index contributed by atoms with van der Waals surface area (Å²) in [6, 6.07) is 13.0. The molecule has 0 bridgehead atoms. The van der Waals surface area contributed by atoms with E-state index in [1.807, 2.05) is 44.2 Å². The van der Waals surface area contributed by atoms with Gasteiger partial charge in [0.25, 0.3) is 0 Å². The van der Waals surface area contributed by atoms with Crippen molar-refractivity contribution in [1.29, 1.82) is 5.26 Å². The number of methoxy groups -OCH3 is 1. The lowest BCUT2D eigenvalue weighted by Crippen LogP contribution is -2.22. The van der Waals surface area contributed by atoms with Gasteiger partial charge in [0.2, 0.25) is 11.8 Å². The summed E-state index contributed by atoms with van der Waals surface area (Å²) in [5.41, 5.74) is 1.41. The molecule has 1 atom stereocenters. The van der Waals surface area contributed by atoms with Crippen molar-refractivity contribution in [3.8, 4) is 11.8 Å². The molecule has 234 valence electrons. The molecule has 0 radical (unpaired) electrons. The molecule has 0 aliphatic carbocycles. The van der Waals surface area contributed by atoms with E-state index in [9.17, 15) is 13.7 Å².